The molecule has 0 fully saturated rings. The van der Waals surface area contributed by atoms with Crippen LogP contribution >= 0.6 is 0 Å². The van der Waals surface area contributed by atoms with Crippen molar-refractivity contribution < 1.29 is 0 Å². The van der Waals surface area contributed by atoms with E-state index >= 15 is 0 Å². The number of hydrogen-bond donors (Lipinski definition) is 0. The molecule has 0 aliphatic heterocycles. The predicted octanol–water partition coefficient (Wildman–Crippen LogP) is 2.84. The topological polar surface area (TPSA) is 12.9 Å². The first-order valence-corrected chi connectivity index (χ1v) is 4.12. The van der Waals surface area contributed by atoms with Gasteiger partial charge in [0.1, 0.15) is 0 Å². The number of rotatable bonds is 2. The standard InChI is InChI=1S/C10H15N/c1-8(2)9(3)10-6-4-5-7-11-10/h4-9H,1-3H3/t9-/m1/s1. The molecule has 1 rings (SSSR count). The summed E-state index contributed by atoms with van der Waals surface area (Å²) in [7, 11) is 0. The van der Waals surface area contributed by atoms with Gasteiger partial charge in [-0.1, -0.05) is 26.8 Å². The maximum atomic E-state index is 4.30. The van der Waals surface area contributed by atoms with E-state index in [-0.39, 0.29) is 0 Å². The summed E-state index contributed by atoms with van der Waals surface area (Å²) in [6, 6.07) is 6.09. The molecule has 1 heterocycles. The third-order valence-corrected chi connectivity index (χ3v) is 2.15. The summed E-state index contributed by atoms with van der Waals surface area (Å²) < 4.78 is 0. The molecule has 0 radical (unpaired) electrons. The van der Waals surface area contributed by atoms with Crippen LogP contribution in [0.2, 0.25) is 0 Å². The fraction of sp³-hybridized carbons (Fsp3) is 0.500. The SMILES string of the molecule is CC(C)[C@@H](C)c1ccccn1. The summed E-state index contributed by atoms with van der Waals surface area (Å²) in [5.74, 6) is 1.24. The highest BCUT2D eigenvalue weighted by Crippen LogP contribution is 2.20. The molecule has 60 valence electrons. The Hall–Kier alpha value is -0.850. The highest BCUT2D eigenvalue weighted by molar-refractivity contribution is 5.08. The zero-order valence-corrected chi connectivity index (χ0v) is 7.41. The molecule has 0 aromatic carbocycles. The lowest BCUT2D eigenvalue weighted by molar-refractivity contribution is 0.523. The molecule has 0 saturated heterocycles. The Morgan fingerprint density at radius 3 is 2.36 bits per heavy atom. The van der Waals surface area contributed by atoms with Gasteiger partial charge in [0, 0.05) is 17.8 Å². The number of nitrogens with zero attached hydrogens (tertiary/aromatic N) is 1. The van der Waals surface area contributed by atoms with Crippen molar-refractivity contribution in [3.8, 4) is 0 Å². The molecule has 0 aliphatic carbocycles. The molecule has 11 heavy (non-hydrogen) atoms. The minimum atomic E-state index is 0.566. The summed E-state index contributed by atoms with van der Waals surface area (Å²) >= 11 is 0. The Morgan fingerprint density at radius 2 is 1.91 bits per heavy atom. The van der Waals surface area contributed by atoms with E-state index in [9.17, 15) is 0 Å². The summed E-state index contributed by atoms with van der Waals surface area (Å²) in [5.41, 5.74) is 1.20. The zero-order valence-electron chi connectivity index (χ0n) is 7.41. The molecule has 0 aliphatic rings. The van der Waals surface area contributed by atoms with E-state index in [1.54, 1.807) is 0 Å². The molecule has 0 spiro atoms. The van der Waals surface area contributed by atoms with Crippen molar-refractivity contribution in [3.63, 3.8) is 0 Å². The van der Waals surface area contributed by atoms with Crippen LogP contribution in [0.3, 0.4) is 0 Å². The molecule has 1 heteroatoms. The highest BCUT2D eigenvalue weighted by Gasteiger charge is 2.09. The van der Waals surface area contributed by atoms with Crippen molar-refractivity contribution >= 4 is 0 Å². The number of hydrogen-bond acceptors (Lipinski definition) is 1. The molecule has 0 bridgehead atoms. The molecule has 0 amide bonds. The highest BCUT2D eigenvalue weighted by atomic mass is 14.7. The summed E-state index contributed by atoms with van der Waals surface area (Å²) in [6.07, 6.45) is 1.86. The van der Waals surface area contributed by atoms with Crippen LogP contribution in [0.1, 0.15) is 32.4 Å². The van der Waals surface area contributed by atoms with E-state index in [1.165, 1.54) is 5.69 Å². The second kappa shape index (κ2) is 3.51. The molecule has 1 atom stereocenters. The van der Waals surface area contributed by atoms with Crippen molar-refractivity contribution in [2.75, 3.05) is 0 Å². The smallest absolute Gasteiger partial charge is 0.0434 e. The van der Waals surface area contributed by atoms with Gasteiger partial charge in [0.15, 0.2) is 0 Å². The molecule has 0 saturated carbocycles. The van der Waals surface area contributed by atoms with Crippen molar-refractivity contribution in [2.45, 2.75) is 26.7 Å². The molecule has 1 aromatic rings. The van der Waals surface area contributed by atoms with Gasteiger partial charge in [0.05, 0.1) is 0 Å². The Bertz CT molecular complexity index is 203. The lowest BCUT2D eigenvalue weighted by atomic mass is 9.94. The molecule has 1 aromatic heterocycles. The third kappa shape index (κ3) is 2.04. The van der Waals surface area contributed by atoms with Gasteiger partial charge in [-0.15, -0.1) is 0 Å². The van der Waals surface area contributed by atoms with Crippen molar-refractivity contribution in [2.24, 2.45) is 5.92 Å². The molecule has 0 N–H and O–H groups in total. The third-order valence-electron chi connectivity index (χ3n) is 2.15. The average molecular weight is 149 g/mol. The summed E-state index contributed by atoms with van der Waals surface area (Å²) in [4.78, 5) is 4.30. The van der Waals surface area contributed by atoms with E-state index in [0.717, 1.165) is 0 Å². The Labute approximate surface area is 68.5 Å². The van der Waals surface area contributed by atoms with Crippen molar-refractivity contribution in [1.82, 2.24) is 4.98 Å². The van der Waals surface area contributed by atoms with Gasteiger partial charge in [-0.05, 0) is 18.1 Å². The van der Waals surface area contributed by atoms with Crippen LogP contribution in [0.5, 0.6) is 0 Å². The van der Waals surface area contributed by atoms with E-state index in [1.807, 2.05) is 18.3 Å². The maximum Gasteiger partial charge on any atom is 0.0434 e. The lowest BCUT2D eigenvalue weighted by Gasteiger charge is -2.13. The van der Waals surface area contributed by atoms with E-state index < -0.39 is 0 Å². The molecular weight excluding hydrogens is 134 g/mol. The van der Waals surface area contributed by atoms with Crippen molar-refractivity contribution in [1.29, 1.82) is 0 Å². The first-order chi connectivity index (χ1) is 5.22. The van der Waals surface area contributed by atoms with E-state index in [2.05, 4.69) is 31.8 Å². The number of pyridine rings is 1. The predicted molar refractivity (Wildman–Crippen MR) is 47.5 cm³/mol. The molecular formula is C10H15N. The molecule has 1 nitrogen and oxygen atoms in total. The van der Waals surface area contributed by atoms with Crippen LogP contribution in [0.4, 0.5) is 0 Å². The quantitative estimate of drug-likeness (QED) is 0.630. The Kier molecular flexibility index (Phi) is 2.64. The maximum absolute atomic E-state index is 4.30. The summed E-state index contributed by atoms with van der Waals surface area (Å²) in [5, 5.41) is 0. The second-order valence-electron chi connectivity index (χ2n) is 3.29. The fourth-order valence-corrected chi connectivity index (χ4v) is 0.987. The van der Waals surface area contributed by atoms with Gasteiger partial charge < -0.3 is 0 Å². The van der Waals surface area contributed by atoms with Gasteiger partial charge >= 0.3 is 0 Å². The monoisotopic (exact) mass is 149 g/mol. The van der Waals surface area contributed by atoms with Crippen LogP contribution < -0.4 is 0 Å². The average Bonchev–Trinajstić information content (AvgIpc) is 2.05. The van der Waals surface area contributed by atoms with E-state index in [4.69, 9.17) is 0 Å². The largest absolute Gasteiger partial charge is 0.261 e. The van der Waals surface area contributed by atoms with Gasteiger partial charge in [-0.3, -0.25) is 4.98 Å². The minimum absolute atomic E-state index is 0.566. The molecule has 0 unspecified atom stereocenters. The zero-order chi connectivity index (χ0) is 8.27. The van der Waals surface area contributed by atoms with Crippen LogP contribution in [0, 0.1) is 5.92 Å². The normalized spacial score (nSPS) is 13.5. The number of aromatic nitrogens is 1. The van der Waals surface area contributed by atoms with E-state index in [0.29, 0.717) is 11.8 Å². The van der Waals surface area contributed by atoms with Gasteiger partial charge in [0.25, 0.3) is 0 Å². The van der Waals surface area contributed by atoms with Gasteiger partial charge in [-0.2, -0.15) is 0 Å². The first-order valence-electron chi connectivity index (χ1n) is 4.12. The van der Waals surface area contributed by atoms with Crippen LogP contribution in [-0.2, 0) is 0 Å². The lowest BCUT2D eigenvalue weighted by Crippen LogP contribution is -2.03. The second-order valence-corrected chi connectivity index (χ2v) is 3.29. The fourth-order valence-electron chi connectivity index (χ4n) is 0.987. The Balaban J connectivity index is 2.77. The van der Waals surface area contributed by atoms with Crippen LogP contribution in [0.15, 0.2) is 24.4 Å². The Morgan fingerprint density at radius 1 is 1.18 bits per heavy atom. The van der Waals surface area contributed by atoms with Crippen LogP contribution in [-0.4, -0.2) is 4.98 Å². The minimum Gasteiger partial charge on any atom is -0.261 e. The summed E-state index contributed by atoms with van der Waals surface area (Å²) in [6.45, 7) is 6.66. The van der Waals surface area contributed by atoms with Gasteiger partial charge in [0.2, 0.25) is 0 Å². The van der Waals surface area contributed by atoms with Crippen molar-refractivity contribution in [3.05, 3.63) is 30.1 Å². The van der Waals surface area contributed by atoms with Crippen LogP contribution in [0.25, 0.3) is 0 Å². The first kappa shape index (κ1) is 8.25. The van der Waals surface area contributed by atoms with Gasteiger partial charge in [-0.25, -0.2) is 0 Å².